The Morgan fingerprint density at radius 2 is 2.08 bits per heavy atom. The average molecular weight is 355 g/mol. The molecule has 0 radical (unpaired) electrons. The van der Waals surface area contributed by atoms with E-state index in [4.69, 9.17) is 4.52 Å². The van der Waals surface area contributed by atoms with E-state index in [1.54, 1.807) is 4.57 Å². The van der Waals surface area contributed by atoms with Crippen molar-refractivity contribution in [3.63, 3.8) is 0 Å². The van der Waals surface area contributed by atoms with Gasteiger partial charge in [-0.15, -0.1) is 11.3 Å². The number of aryl methyl sites for hydroxylation is 1. The van der Waals surface area contributed by atoms with Crippen LogP contribution in [-0.4, -0.2) is 14.7 Å². The molecule has 120 valence electrons. The molecule has 0 fully saturated rings. The van der Waals surface area contributed by atoms with Crippen molar-refractivity contribution in [3.05, 3.63) is 69.7 Å². The van der Waals surface area contributed by atoms with Crippen LogP contribution < -0.4 is 5.56 Å². The maximum absolute atomic E-state index is 12.9. The Hall–Kier alpha value is -2.38. The van der Waals surface area contributed by atoms with Gasteiger partial charge in [-0.25, -0.2) is 4.98 Å². The minimum atomic E-state index is -0.0497. The summed E-state index contributed by atoms with van der Waals surface area (Å²) in [6.07, 6.45) is 0. The fraction of sp³-hybridized carbons (Fsp3) is 0.118. The first kappa shape index (κ1) is 15.2. The van der Waals surface area contributed by atoms with E-state index in [9.17, 15) is 4.79 Å². The number of benzene rings is 1. The van der Waals surface area contributed by atoms with Gasteiger partial charge in [0.25, 0.3) is 5.56 Å². The average Bonchev–Trinajstić information content (AvgIpc) is 3.22. The van der Waals surface area contributed by atoms with Gasteiger partial charge in [0.05, 0.1) is 16.8 Å². The molecule has 3 heterocycles. The van der Waals surface area contributed by atoms with Crippen molar-refractivity contribution >= 4 is 33.3 Å². The van der Waals surface area contributed by atoms with Crippen LogP contribution in [-0.2, 0) is 5.75 Å². The largest absolute Gasteiger partial charge is 0.361 e. The SMILES string of the molecule is Cc1cc(CSc2nc3sccc3c(=O)n2-c2ccccc2)no1. The maximum Gasteiger partial charge on any atom is 0.267 e. The summed E-state index contributed by atoms with van der Waals surface area (Å²) in [7, 11) is 0. The zero-order chi connectivity index (χ0) is 16.5. The van der Waals surface area contributed by atoms with Gasteiger partial charge >= 0.3 is 0 Å². The topological polar surface area (TPSA) is 60.9 Å². The predicted octanol–water partition coefficient (Wildman–Crippen LogP) is 4.04. The van der Waals surface area contributed by atoms with Crippen LogP contribution in [0.15, 0.2) is 62.3 Å². The first-order chi connectivity index (χ1) is 11.7. The predicted molar refractivity (Wildman–Crippen MR) is 96.0 cm³/mol. The van der Waals surface area contributed by atoms with Crippen LogP contribution in [0.5, 0.6) is 0 Å². The number of hydrogen-bond acceptors (Lipinski definition) is 6. The number of nitrogens with zero attached hydrogens (tertiary/aromatic N) is 3. The molecule has 0 bridgehead atoms. The summed E-state index contributed by atoms with van der Waals surface area (Å²) >= 11 is 2.95. The van der Waals surface area contributed by atoms with Gasteiger partial charge < -0.3 is 4.52 Å². The molecular weight excluding hydrogens is 342 g/mol. The fourth-order valence-electron chi connectivity index (χ4n) is 2.42. The Labute approximate surface area is 145 Å². The second kappa shape index (κ2) is 6.26. The number of rotatable bonds is 4. The molecule has 0 unspecified atom stereocenters. The van der Waals surface area contributed by atoms with E-state index in [1.165, 1.54) is 23.1 Å². The van der Waals surface area contributed by atoms with Gasteiger partial charge in [0.1, 0.15) is 10.6 Å². The lowest BCUT2D eigenvalue weighted by Gasteiger charge is -2.11. The van der Waals surface area contributed by atoms with Crippen molar-refractivity contribution in [1.29, 1.82) is 0 Å². The summed E-state index contributed by atoms with van der Waals surface area (Å²) in [5, 5.41) is 7.19. The molecule has 4 rings (SSSR count). The van der Waals surface area contributed by atoms with E-state index in [2.05, 4.69) is 10.1 Å². The molecule has 1 aromatic carbocycles. The number of aromatic nitrogens is 3. The number of hydrogen-bond donors (Lipinski definition) is 0. The summed E-state index contributed by atoms with van der Waals surface area (Å²) in [5.74, 6) is 1.36. The monoisotopic (exact) mass is 355 g/mol. The van der Waals surface area contributed by atoms with Crippen molar-refractivity contribution < 1.29 is 4.52 Å². The zero-order valence-electron chi connectivity index (χ0n) is 12.8. The molecule has 0 saturated carbocycles. The summed E-state index contributed by atoms with van der Waals surface area (Å²) in [6.45, 7) is 1.86. The third-order valence-corrected chi connectivity index (χ3v) is 5.29. The summed E-state index contributed by atoms with van der Waals surface area (Å²) < 4.78 is 6.76. The molecule has 0 spiro atoms. The first-order valence-electron chi connectivity index (χ1n) is 7.33. The van der Waals surface area contributed by atoms with E-state index in [0.717, 1.165) is 22.0 Å². The highest BCUT2D eigenvalue weighted by Gasteiger charge is 2.14. The molecule has 0 aliphatic carbocycles. The van der Waals surface area contributed by atoms with Crippen LogP contribution in [0.4, 0.5) is 0 Å². The van der Waals surface area contributed by atoms with Gasteiger partial charge in [-0.1, -0.05) is 35.1 Å². The number of fused-ring (bicyclic) bond motifs is 1. The van der Waals surface area contributed by atoms with Gasteiger partial charge in [-0.05, 0) is 30.5 Å². The molecule has 0 N–H and O–H groups in total. The van der Waals surface area contributed by atoms with E-state index < -0.39 is 0 Å². The van der Waals surface area contributed by atoms with Crippen molar-refractivity contribution in [2.45, 2.75) is 17.8 Å². The van der Waals surface area contributed by atoms with E-state index in [-0.39, 0.29) is 5.56 Å². The van der Waals surface area contributed by atoms with Gasteiger partial charge in [0, 0.05) is 11.8 Å². The standard InChI is InChI=1S/C17H13N3O2S2/c1-11-9-12(19-22-11)10-24-17-18-15-14(7-8-23-15)16(21)20(17)13-5-3-2-4-6-13/h2-9H,10H2,1H3. The molecular formula is C17H13N3O2S2. The van der Waals surface area contributed by atoms with Crippen LogP contribution in [0, 0.1) is 6.92 Å². The van der Waals surface area contributed by atoms with Crippen LogP contribution in [0.1, 0.15) is 11.5 Å². The Morgan fingerprint density at radius 3 is 2.83 bits per heavy atom. The van der Waals surface area contributed by atoms with Gasteiger partial charge in [-0.2, -0.15) is 0 Å². The Morgan fingerprint density at radius 1 is 1.25 bits per heavy atom. The highest BCUT2D eigenvalue weighted by molar-refractivity contribution is 7.98. The van der Waals surface area contributed by atoms with Crippen molar-refractivity contribution in [2.24, 2.45) is 0 Å². The molecule has 5 nitrogen and oxygen atoms in total. The minimum absolute atomic E-state index is 0.0497. The lowest BCUT2D eigenvalue weighted by atomic mass is 10.3. The molecule has 0 aliphatic heterocycles. The zero-order valence-corrected chi connectivity index (χ0v) is 14.4. The molecule has 4 aromatic rings. The highest BCUT2D eigenvalue weighted by atomic mass is 32.2. The Balaban J connectivity index is 1.82. The first-order valence-corrected chi connectivity index (χ1v) is 9.19. The minimum Gasteiger partial charge on any atom is -0.361 e. The van der Waals surface area contributed by atoms with E-state index in [0.29, 0.717) is 16.3 Å². The molecule has 0 atom stereocenters. The molecule has 24 heavy (non-hydrogen) atoms. The van der Waals surface area contributed by atoms with E-state index in [1.807, 2.05) is 54.8 Å². The third-order valence-electron chi connectivity index (χ3n) is 3.51. The van der Waals surface area contributed by atoms with Gasteiger partial charge in [0.15, 0.2) is 5.16 Å². The van der Waals surface area contributed by atoms with Gasteiger partial charge in [-0.3, -0.25) is 9.36 Å². The van der Waals surface area contributed by atoms with Crippen molar-refractivity contribution in [3.8, 4) is 5.69 Å². The van der Waals surface area contributed by atoms with Gasteiger partial charge in [0.2, 0.25) is 0 Å². The normalized spacial score (nSPS) is 11.2. The van der Waals surface area contributed by atoms with Crippen molar-refractivity contribution in [2.75, 3.05) is 0 Å². The molecule has 0 aliphatic rings. The number of thioether (sulfide) groups is 1. The Kier molecular flexibility index (Phi) is 3.95. The maximum atomic E-state index is 12.9. The summed E-state index contributed by atoms with van der Waals surface area (Å²) in [4.78, 5) is 18.3. The Bertz CT molecular complexity index is 1050. The highest BCUT2D eigenvalue weighted by Crippen LogP contribution is 2.26. The molecule has 7 heteroatoms. The molecule has 0 saturated heterocycles. The molecule has 0 amide bonds. The smallest absolute Gasteiger partial charge is 0.267 e. The lowest BCUT2D eigenvalue weighted by Crippen LogP contribution is -2.21. The quantitative estimate of drug-likeness (QED) is 0.408. The second-order valence-corrected chi connectivity index (χ2v) is 7.06. The summed E-state index contributed by atoms with van der Waals surface area (Å²) in [5.41, 5.74) is 1.59. The summed E-state index contributed by atoms with van der Waals surface area (Å²) in [6, 6.07) is 13.3. The van der Waals surface area contributed by atoms with Crippen LogP contribution in [0.3, 0.4) is 0 Å². The van der Waals surface area contributed by atoms with Crippen molar-refractivity contribution in [1.82, 2.24) is 14.7 Å². The third kappa shape index (κ3) is 2.76. The van der Waals surface area contributed by atoms with E-state index >= 15 is 0 Å². The fourth-order valence-corrected chi connectivity index (χ4v) is 4.12. The van der Waals surface area contributed by atoms with Crippen LogP contribution in [0.2, 0.25) is 0 Å². The second-order valence-electron chi connectivity index (χ2n) is 5.23. The number of para-hydroxylation sites is 1. The lowest BCUT2D eigenvalue weighted by molar-refractivity contribution is 0.393. The molecule has 3 aromatic heterocycles. The number of thiophene rings is 1. The van der Waals surface area contributed by atoms with Crippen LogP contribution in [0.25, 0.3) is 15.9 Å². The van der Waals surface area contributed by atoms with Crippen LogP contribution >= 0.6 is 23.1 Å².